The van der Waals surface area contributed by atoms with Crippen LogP contribution in [0.4, 0.5) is 0 Å². The molecule has 0 radical (unpaired) electrons. The van der Waals surface area contributed by atoms with E-state index in [1.165, 1.54) is 11.8 Å². The van der Waals surface area contributed by atoms with E-state index in [2.05, 4.69) is 26.5 Å². The zero-order chi connectivity index (χ0) is 16.9. The van der Waals surface area contributed by atoms with E-state index in [0.717, 1.165) is 29.7 Å². The molecule has 1 aromatic carbocycles. The Morgan fingerprint density at radius 1 is 1.04 bits per heavy atom. The minimum Gasteiger partial charge on any atom is -0.411 e. The molecule has 120 valence electrons. The summed E-state index contributed by atoms with van der Waals surface area (Å²) in [6.07, 6.45) is 1.47. The monoisotopic (exact) mass is 337 g/mol. The average molecular weight is 337 g/mol. The van der Waals surface area contributed by atoms with E-state index in [1.54, 1.807) is 0 Å². The third-order valence-corrected chi connectivity index (χ3v) is 4.36. The van der Waals surface area contributed by atoms with Gasteiger partial charge in [0.1, 0.15) is 11.1 Å². The van der Waals surface area contributed by atoms with Crippen molar-refractivity contribution in [1.82, 2.24) is 20.4 Å². The lowest BCUT2D eigenvalue weighted by Crippen LogP contribution is -2.04. The highest BCUT2D eigenvalue weighted by atomic mass is 32.2. The quantitative estimate of drug-likeness (QED) is 0.701. The van der Waals surface area contributed by atoms with Crippen LogP contribution in [0.25, 0.3) is 11.5 Å². The summed E-state index contributed by atoms with van der Waals surface area (Å²) >= 11 is 1.17. The molecule has 0 bridgehead atoms. The highest BCUT2D eigenvalue weighted by Crippen LogP contribution is 2.31. The number of hydrogen-bond acceptors (Lipinski definition) is 7. The standard InChI is InChI=1S/C17H15N5OS/c1-3-12-13(10-18)16(21-19-14(12)4-2)24-17-22-20-15(23-17)11-8-6-5-7-9-11/h5-9H,3-4H2,1-2H3. The third-order valence-electron chi connectivity index (χ3n) is 3.54. The molecular formula is C17H15N5OS. The molecule has 3 rings (SSSR count). The van der Waals surface area contributed by atoms with Crippen LogP contribution in [0, 0.1) is 11.3 Å². The maximum absolute atomic E-state index is 9.51. The molecule has 0 saturated heterocycles. The Hall–Kier alpha value is -2.72. The largest absolute Gasteiger partial charge is 0.411 e. The van der Waals surface area contributed by atoms with Crippen LogP contribution in [0.15, 0.2) is 45.0 Å². The summed E-state index contributed by atoms with van der Waals surface area (Å²) in [6.45, 7) is 4.01. The maximum atomic E-state index is 9.51. The summed E-state index contributed by atoms with van der Waals surface area (Å²) in [5.41, 5.74) is 3.17. The predicted octanol–water partition coefficient (Wildman–Crippen LogP) is 3.67. The van der Waals surface area contributed by atoms with E-state index in [4.69, 9.17) is 4.42 Å². The van der Waals surface area contributed by atoms with Crippen LogP contribution in [0.1, 0.15) is 30.7 Å². The van der Waals surface area contributed by atoms with E-state index in [-0.39, 0.29) is 0 Å². The molecular weight excluding hydrogens is 322 g/mol. The van der Waals surface area contributed by atoms with Crippen LogP contribution in [-0.4, -0.2) is 20.4 Å². The van der Waals surface area contributed by atoms with Crippen LogP contribution < -0.4 is 0 Å². The maximum Gasteiger partial charge on any atom is 0.283 e. The zero-order valence-electron chi connectivity index (χ0n) is 13.4. The number of rotatable bonds is 5. The predicted molar refractivity (Wildman–Crippen MR) is 89.4 cm³/mol. The van der Waals surface area contributed by atoms with Crippen LogP contribution in [-0.2, 0) is 12.8 Å². The van der Waals surface area contributed by atoms with Crippen LogP contribution >= 0.6 is 11.8 Å². The summed E-state index contributed by atoms with van der Waals surface area (Å²) < 4.78 is 5.67. The number of hydrogen-bond donors (Lipinski definition) is 0. The summed E-state index contributed by atoms with van der Waals surface area (Å²) in [5.74, 6) is 0.436. The molecule has 0 atom stereocenters. The van der Waals surface area contributed by atoms with Crippen molar-refractivity contribution in [2.75, 3.05) is 0 Å². The molecule has 0 unspecified atom stereocenters. The highest BCUT2D eigenvalue weighted by Gasteiger charge is 2.18. The van der Waals surface area contributed by atoms with E-state index in [0.29, 0.717) is 21.7 Å². The number of aromatic nitrogens is 4. The van der Waals surface area contributed by atoms with Crippen LogP contribution in [0.3, 0.4) is 0 Å². The van der Waals surface area contributed by atoms with Gasteiger partial charge in [-0.25, -0.2) is 0 Å². The van der Waals surface area contributed by atoms with Gasteiger partial charge in [-0.3, -0.25) is 0 Å². The SMILES string of the molecule is CCc1nnc(Sc2nnc(-c3ccccc3)o2)c(C#N)c1CC. The van der Waals surface area contributed by atoms with Crippen molar-refractivity contribution in [2.45, 2.75) is 36.9 Å². The molecule has 0 spiro atoms. The lowest BCUT2D eigenvalue weighted by molar-refractivity contribution is 0.465. The van der Waals surface area contributed by atoms with Gasteiger partial charge in [-0.2, -0.15) is 10.4 Å². The Balaban J connectivity index is 1.92. The van der Waals surface area contributed by atoms with Crippen molar-refractivity contribution in [3.63, 3.8) is 0 Å². The van der Waals surface area contributed by atoms with Crippen molar-refractivity contribution in [2.24, 2.45) is 0 Å². The highest BCUT2D eigenvalue weighted by molar-refractivity contribution is 7.99. The average Bonchev–Trinajstić information content (AvgIpc) is 3.10. The van der Waals surface area contributed by atoms with Crippen molar-refractivity contribution >= 4 is 11.8 Å². The first kappa shape index (κ1) is 16.1. The zero-order valence-corrected chi connectivity index (χ0v) is 14.2. The van der Waals surface area contributed by atoms with E-state index in [1.807, 2.05) is 44.2 Å². The van der Waals surface area contributed by atoms with Crippen molar-refractivity contribution < 1.29 is 4.42 Å². The van der Waals surface area contributed by atoms with E-state index >= 15 is 0 Å². The van der Waals surface area contributed by atoms with Gasteiger partial charge in [0.15, 0.2) is 0 Å². The minimum atomic E-state index is 0.339. The smallest absolute Gasteiger partial charge is 0.283 e. The number of aryl methyl sites for hydroxylation is 1. The summed E-state index contributed by atoms with van der Waals surface area (Å²) in [4.78, 5) is 0. The molecule has 0 fully saturated rings. The molecule has 3 aromatic rings. The Morgan fingerprint density at radius 2 is 1.83 bits per heavy atom. The van der Waals surface area contributed by atoms with Gasteiger partial charge in [0.05, 0.1) is 11.3 Å². The first-order chi connectivity index (χ1) is 11.8. The second-order valence-corrected chi connectivity index (χ2v) is 5.91. The lowest BCUT2D eigenvalue weighted by Gasteiger charge is -2.08. The van der Waals surface area contributed by atoms with Crippen LogP contribution in [0.5, 0.6) is 0 Å². The Bertz CT molecular complexity index is 886. The molecule has 0 saturated carbocycles. The molecule has 6 nitrogen and oxygen atoms in total. The molecule has 2 aromatic heterocycles. The number of nitriles is 1. The fraction of sp³-hybridized carbons (Fsp3) is 0.235. The molecule has 2 heterocycles. The first-order valence-electron chi connectivity index (χ1n) is 7.62. The second kappa shape index (κ2) is 7.23. The van der Waals surface area contributed by atoms with Gasteiger partial charge in [-0.15, -0.1) is 15.3 Å². The molecule has 0 amide bonds. The van der Waals surface area contributed by atoms with Crippen LogP contribution in [0.2, 0.25) is 0 Å². The Kier molecular flexibility index (Phi) is 4.87. The fourth-order valence-corrected chi connectivity index (χ4v) is 3.09. The first-order valence-corrected chi connectivity index (χ1v) is 8.43. The van der Waals surface area contributed by atoms with Gasteiger partial charge in [-0.1, -0.05) is 32.0 Å². The van der Waals surface area contributed by atoms with Gasteiger partial charge in [0.2, 0.25) is 5.89 Å². The van der Waals surface area contributed by atoms with Gasteiger partial charge in [0.25, 0.3) is 5.22 Å². The Morgan fingerprint density at radius 3 is 2.50 bits per heavy atom. The van der Waals surface area contributed by atoms with Crippen molar-refractivity contribution in [3.8, 4) is 17.5 Å². The van der Waals surface area contributed by atoms with Crippen molar-refractivity contribution in [1.29, 1.82) is 5.26 Å². The molecule has 0 N–H and O–H groups in total. The summed E-state index contributed by atoms with van der Waals surface area (Å²) in [7, 11) is 0. The topological polar surface area (TPSA) is 88.5 Å². The molecule has 24 heavy (non-hydrogen) atoms. The Labute approximate surface area is 143 Å². The molecule has 0 aliphatic heterocycles. The second-order valence-electron chi connectivity index (χ2n) is 4.97. The molecule has 7 heteroatoms. The van der Waals surface area contributed by atoms with Crippen molar-refractivity contribution in [3.05, 3.63) is 47.2 Å². The van der Waals surface area contributed by atoms with Gasteiger partial charge < -0.3 is 4.42 Å². The normalized spacial score (nSPS) is 10.5. The van der Waals surface area contributed by atoms with Gasteiger partial charge >= 0.3 is 0 Å². The molecule has 0 aliphatic rings. The molecule has 0 aliphatic carbocycles. The summed E-state index contributed by atoms with van der Waals surface area (Å²) in [5, 5.41) is 26.8. The summed E-state index contributed by atoms with van der Waals surface area (Å²) in [6, 6.07) is 11.8. The van der Waals surface area contributed by atoms with E-state index < -0.39 is 0 Å². The lowest BCUT2D eigenvalue weighted by atomic mass is 10.1. The van der Waals surface area contributed by atoms with Gasteiger partial charge in [-0.05, 0) is 42.3 Å². The minimum absolute atomic E-state index is 0.339. The fourth-order valence-electron chi connectivity index (χ4n) is 2.37. The van der Waals surface area contributed by atoms with Gasteiger partial charge in [0, 0.05) is 5.56 Å². The third kappa shape index (κ3) is 3.14. The van der Waals surface area contributed by atoms with E-state index in [9.17, 15) is 5.26 Å². The number of benzene rings is 1. The number of nitrogens with zero attached hydrogens (tertiary/aromatic N) is 5.